The van der Waals surface area contributed by atoms with Crippen molar-refractivity contribution in [3.8, 4) is 11.8 Å². The van der Waals surface area contributed by atoms with Crippen LogP contribution in [0.3, 0.4) is 0 Å². The van der Waals surface area contributed by atoms with Crippen molar-refractivity contribution < 1.29 is 14.6 Å². The van der Waals surface area contributed by atoms with Gasteiger partial charge in [0.2, 0.25) is 0 Å². The van der Waals surface area contributed by atoms with E-state index in [0.29, 0.717) is 31.1 Å². The van der Waals surface area contributed by atoms with Crippen LogP contribution >= 0.6 is 0 Å². The van der Waals surface area contributed by atoms with Gasteiger partial charge in [0.15, 0.2) is 0 Å². The van der Waals surface area contributed by atoms with E-state index in [2.05, 4.69) is 20.9 Å². The number of nitrogens with two attached hydrogens (primary N) is 1. The van der Waals surface area contributed by atoms with Gasteiger partial charge in [0, 0.05) is 56.0 Å². The number of aromatic hydroxyl groups is 1. The molecule has 3 heterocycles. The first-order chi connectivity index (χ1) is 16.1. The zero-order valence-corrected chi connectivity index (χ0v) is 19.0. The van der Waals surface area contributed by atoms with Crippen molar-refractivity contribution in [1.29, 1.82) is 0 Å². The summed E-state index contributed by atoms with van der Waals surface area (Å²) in [6.07, 6.45) is 3.09. The summed E-state index contributed by atoms with van der Waals surface area (Å²) in [4.78, 5) is 13.7. The van der Waals surface area contributed by atoms with E-state index < -0.39 is 0 Å². The molecule has 3 aromatic rings. The fraction of sp³-hybridized carbons (Fsp3) is 0.440. The fourth-order valence-electron chi connectivity index (χ4n) is 4.89. The molecular weight excluding hydrogens is 418 g/mol. The van der Waals surface area contributed by atoms with Gasteiger partial charge in [0.05, 0.1) is 24.9 Å². The Balaban J connectivity index is 1.27. The molecule has 5 rings (SSSR count). The van der Waals surface area contributed by atoms with Crippen molar-refractivity contribution in [3.63, 3.8) is 0 Å². The Bertz CT molecular complexity index is 1140. The number of rotatable bonds is 7. The molecule has 0 bridgehead atoms. The topological polar surface area (TPSA) is 97.0 Å². The third-order valence-electron chi connectivity index (χ3n) is 6.65. The second kappa shape index (κ2) is 9.41. The molecule has 1 atom stereocenters. The number of methoxy groups -OCH3 is 1. The van der Waals surface area contributed by atoms with Gasteiger partial charge in [0.1, 0.15) is 11.6 Å². The van der Waals surface area contributed by atoms with Gasteiger partial charge in [-0.3, -0.25) is 0 Å². The lowest BCUT2D eigenvalue weighted by molar-refractivity contribution is 0.107. The van der Waals surface area contributed by atoms with Crippen molar-refractivity contribution in [2.45, 2.75) is 31.9 Å². The number of phenolic OH excluding ortho intramolecular Hbond substituents is 1. The van der Waals surface area contributed by atoms with E-state index in [-0.39, 0.29) is 5.75 Å². The molecule has 0 spiro atoms. The molecule has 2 aliphatic heterocycles. The van der Waals surface area contributed by atoms with Gasteiger partial charge in [0.25, 0.3) is 0 Å². The lowest BCUT2D eigenvalue weighted by Gasteiger charge is -2.31. The highest BCUT2D eigenvalue weighted by Gasteiger charge is 2.24. The number of likely N-dealkylation sites (tertiary alicyclic amines) is 1. The second-order valence-corrected chi connectivity index (χ2v) is 8.82. The Morgan fingerprint density at radius 2 is 2.06 bits per heavy atom. The third kappa shape index (κ3) is 4.67. The van der Waals surface area contributed by atoms with Crippen molar-refractivity contribution in [2.75, 3.05) is 50.5 Å². The predicted octanol–water partition coefficient (Wildman–Crippen LogP) is 2.97. The smallest absolute Gasteiger partial charge is 0.318 e. The maximum atomic E-state index is 10.3. The first-order valence-corrected chi connectivity index (χ1v) is 11.6. The van der Waals surface area contributed by atoms with E-state index in [9.17, 15) is 5.11 Å². The Morgan fingerprint density at radius 3 is 2.91 bits per heavy atom. The van der Waals surface area contributed by atoms with Crippen LogP contribution in [-0.4, -0.2) is 66.0 Å². The lowest BCUT2D eigenvalue weighted by Crippen LogP contribution is -2.32. The molecule has 1 aromatic heterocycles. The molecule has 8 nitrogen and oxygen atoms in total. The highest BCUT2D eigenvalue weighted by molar-refractivity contribution is 5.95. The van der Waals surface area contributed by atoms with Gasteiger partial charge in [-0.15, -0.1) is 0 Å². The number of nitrogen functional groups attached to an aromatic ring is 1. The SMILES string of the molecule is COC1CCN(CCCOc2nc(N)c3c(n2)CN(c2cc(O)cc4ccccc24)CC3)C1. The van der Waals surface area contributed by atoms with E-state index in [1.807, 2.05) is 24.3 Å². The Kier molecular flexibility index (Phi) is 6.20. The van der Waals surface area contributed by atoms with Crippen LogP contribution in [0.4, 0.5) is 11.5 Å². The normalized spacial score (nSPS) is 18.6. The van der Waals surface area contributed by atoms with E-state index in [1.54, 1.807) is 13.2 Å². The number of hydrogen-bond acceptors (Lipinski definition) is 8. The molecule has 0 saturated carbocycles. The summed E-state index contributed by atoms with van der Waals surface area (Å²) < 4.78 is 11.3. The first-order valence-electron chi connectivity index (χ1n) is 11.6. The van der Waals surface area contributed by atoms with E-state index in [4.69, 9.17) is 20.2 Å². The molecule has 3 N–H and O–H groups in total. The van der Waals surface area contributed by atoms with Gasteiger partial charge < -0.3 is 30.1 Å². The van der Waals surface area contributed by atoms with Crippen molar-refractivity contribution in [1.82, 2.24) is 14.9 Å². The molecular formula is C25H31N5O3. The van der Waals surface area contributed by atoms with Crippen LogP contribution in [0.15, 0.2) is 36.4 Å². The minimum atomic E-state index is 0.260. The Hall–Kier alpha value is -3.10. The highest BCUT2D eigenvalue weighted by atomic mass is 16.5. The first kappa shape index (κ1) is 21.7. The average molecular weight is 450 g/mol. The second-order valence-electron chi connectivity index (χ2n) is 8.82. The number of anilines is 2. The maximum Gasteiger partial charge on any atom is 0.318 e. The van der Waals surface area contributed by atoms with E-state index in [1.165, 1.54) is 0 Å². The van der Waals surface area contributed by atoms with Crippen LogP contribution in [0.5, 0.6) is 11.8 Å². The monoisotopic (exact) mass is 449 g/mol. The van der Waals surface area contributed by atoms with Gasteiger partial charge in [-0.05, 0) is 30.7 Å². The summed E-state index contributed by atoms with van der Waals surface area (Å²) in [6.45, 7) is 4.95. The summed E-state index contributed by atoms with van der Waals surface area (Å²) in [7, 11) is 1.78. The molecule has 0 amide bonds. The molecule has 0 radical (unpaired) electrons. The largest absolute Gasteiger partial charge is 0.508 e. The number of nitrogens with zero attached hydrogens (tertiary/aromatic N) is 4. The molecule has 2 aliphatic rings. The molecule has 1 fully saturated rings. The van der Waals surface area contributed by atoms with Crippen LogP contribution < -0.4 is 15.4 Å². The quantitative estimate of drug-likeness (QED) is 0.532. The summed E-state index contributed by atoms with van der Waals surface area (Å²) in [5, 5.41) is 12.4. The zero-order valence-electron chi connectivity index (χ0n) is 19.0. The van der Waals surface area contributed by atoms with E-state index in [0.717, 1.165) is 73.2 Å². The molecule has 1 saturated heterocycles. The molecule has 8 heteroatoms. The van der Waals surface area contributed by atoms with Crippen molar-refractivity contribution >= 4 is 22.3 Å². The van der Waals surface area contributed by atoms with Gasteiger partial charge in [-0.25, -0.2) is 0 Å². The average Bonchev–Trinajstić information content (AvgIpc) is 3.29. The van der Waals surface area contributed by atoms with Gasteiger partial charge >= 0.3 is 6.01 Å². The minimum absolute atomic E-state index is 0.260. The molecule has 174 valence electrons. The van der Waals surface area contributed by atoms with Gasteiger partial charge in [-0.2, -0.15) is 9.97 Å². The predicted molar refractivity (Wildman–Crippen MR) is 129 cm³/mol. The number of benzene rings is 2. The summed E-state index contributed by atoms with van der Waals surface area (Å²) >= 11 is 0. The van der Waals surface area contributed by atoms with Crippen LogP contribution in [0.2, 0.25) is 0 Å². The van der Waals surface area contributed by atoms with Crippen LogP contribution in [0, 0.1) is 0 Å². The fourth-order valence-corrected chi connectivity index (χ4v) is 4.89. The molecule has 0 aliphatic carbocycles. The molecule has 33 heavy (non-hydrogen) atoms. The van der Waals surface area contributed by atoms with Crippen molar-refractivity contribution in [3.05, 3.63) is 47.7 Å². The highest BCUT2D eigenvalue weighted by Crippen LogP contribution is 2.35. The molecule has 1 unspecified atom stereocenters. The molecule has 2 aromatic carbocycles. The van der Waals surface area contributed by atoms with Crippen LogP contribution in [0.1, 0.15) is 24.1 Å². The van der Waals surface area contributed by atoms with Crippen molar-refractivity contribution in [2.24, 2.45) is 0 Å². The number of fused-ring (bicyclic) bond motifs is 2. The van der Waals surface area contributed by atoms with Crippen LogP contribution in [0.25, 0.3) is 10.8 Å². The maximum absolute atomic E-state index is 10.3. The van der Waals surface area contributed by atoms with Gasteiger partial charge in [-0.1, -0.05) is 24.3 Å². The number of hydrogen-bond donors (Lipinski definition) is 2. The summed E-state index contributed by atoms with van der Waals surface area (Å²) in [5.41, 5.74) is 9.14. The Morgan fingerprint density at radius 1 is 1.18 bits per heavy atom. The minimum Gasteiger partial charge on any atom is -0.508 e. The summed E-state index contributed by atoms with van der Waals surface area (Å²) in [6, 6.07) is 12.0. The number of ether oxygens (including phenoxy) is 2. The standard InChI is InChI=1S/C25H31N5O3/c1-32-19-7-10-29(15-19)9-4-12-33-25-27-22-16-30(11-8-21(22)24(26)28-25)23-14-18(31)13-17-5-2-3-6-20(17)23/h2-3,5-6,13-14,19,31H,4,7-12,15-16H2,1H3,(H2,26,27,28). The summed E-state index contributed by atoms with van der Waals surface area (Å²) in [5.74, 6) is 0.758. The number of phenols is 1. The lowest BCUT2D eigenvalue weighted by atomic mass is 10.0. The zero-order chi connectivity index (χ0) is 22.8. The number of aromatic nitrogens is 2. The Labute approximate surface area is 193 Å². The van der Waals surface area contributed by atoms with Crippen LogP contribution in [-0.2, 0) is 17.7 Å². The van der Waals surface area contributed by atoms with E-state index >= 15 is 0 Å². The third-order valence-corrected chi connectivity index (χ3v) is 6.65.